The second-order valence-electron chi connectivity index (χ2n) is 6.95. The predicted octanol–water partition coefficient (Wildman–Crippen LogP) is 3.56. The first kappa shape index (κ1) is 17.5. The number of hydrogen-bond acceptors (Lipinski definition) is 6. The van der Waals surface area contributed by atoms with Gasteiger partial charge in [0, 0.05) is 30.1 Å². The Hall–Kier alpha value is -3.55. The maximum atomic E-state index is 15.7. The van der Waals surface area contributed by atoms with Gasteiger partial charge in [-0.2, -0.15) is 10.1 Å². The van der Waals surface area contributed by atoms with E-state index in [1.165, 1.54) is 14.2 Å². The van der Waals surface area contributed by atoms with Crippen molar-refractivity contribution in [3.8, 4) is 23.1 Å². The summed E-state index contributed by atoms with van der Waals surface area (Å²) >= 11 is 0. The summed E-state index contributed by atoms with van der Waals surface area (Å²) < 4.78 is 27.8. The average molecular weight is 391 g/mol. The van der Waals surface area contributed by atoms with Gasteiger partial charge in [0.1, 0.15) is 5.67 Å². The van der Waals surface area contributed by atoms with Gasteiger partial charge in [-0.15, -0.1) is 0 Å². The molecule has 1 aliphatic rings. The molecule has 4 aromatic rings. The molecule has 146 valence electrons. The second kappa shape index (κ2) is 6.51. The van der Waals surface area contributed by atoms with Crippen LogP contribution >= 0.6 is 0 Å². The lowest BCUT2D eigenvalue weighted by Crippen LogP contribution is -2.05. The highest BCUT2D eigenvalue weighted by Gasteiger charge is 2.58. The van der Waals surface area contributed by atoms with Crippen molar-refractivity contribution in [2.75, 3.05) is 14.2 Å². The monoisotopic (exact) mass is 391 g/mol. The van der Waals surface area contributed by atoms with Crippen LogP contribution in [0.15, 0.2) is 55.0 Å². The van der Waals surface area contributed by atoms with Gasteiger partial charge in [0.05, 0.1) is 25.5 Å². The van der Waals surface area contributed by atoms with E-state index in [2.05, 4.69) is 20.1 Å². The molecule has 29 heavy (non-hydrogen) atoms. The number of hydrogen-bond donors (Lipinski definition) is 0. The second-order valence-corrected chi connectivity index (χ2v) is 6.95. The smallest absolute Gasteiger partial charge is 0.319 e. The van der Waals surface area contributed by atoms with Crippen LogP contribution in [0.2, 0.25) is 0 Å². The van der Waals surface area contributed by atoms with Gasteiger partial charge >= 0.3 is 6.01 Å². The molecule has 8 heteroatoms. The zero-order valence-electron chi connectivity index (χ0n) is 15.9. The van der Waals surface area contributed by atoms with E-state index in [-0.39, 0.29) is 11.9 Å². The fourth-order valence-corrected chi connectivity index (χ4v) is 3.74. The van der Waals surface area contributed by atoms with Gasteiger partial charge in [0.2, 0.25) is 5.88 Å². The van der Waals surface area contributed by atoms with Crippen LogP contribution in [-0.2, 0) is 5.67 Å². The third kappa shape index (κ3) is 2.79. The first-order valence-corrected chi connectivity index (χ1v) is 9.18. The molecule has 0 radical (unpaired) electrons. The van der Waals surface area contributed by atoms with Crippen LogP contribution < -0.4 is 9.47 Å². The van der Waals surface area contributed by atoms with E-state index < -0.39 is 5.67 Å². The number of methoxy groups -OCH3 is 2. The fourth-order valence-electron chi connectivity index (χ4n) is 3.74. The van der Waals surface area contributed by atoms with E-state index in [4.69, 9.17) is 9.47 Å². The van der Waals surface area contributed by atoms with E-state index in [0.29, 0.717) is 34.8 Å². The topological polar surface area (TPSA) is 74.4 Å². The molecule has 1 aromatic carbocycles. The predicted molar refractivity (Wildman–Crippen MR) is 104 cm³/mol. The molecule has 0 aliphatic heterocycles. The van der Waals surface area contributed by atoms with E-state index in [0.717, 1.165) is 5.56 Å². The van der Waals surface area contributed by atoms with Gasteiger partial charge in [0.15, 0.2) is 5.65 Å². The van der Waals surface area contributed by atoms with Crippen LogP contribution in [0, 0.1) is 0 Å². The maximum absolute atomic E-state index is 15.7. The molecule has 7 nitrogen and oxygen atoms in total. The highest BCUT2D eigenvalue weighted by atomic mass is 19.1. The van der Waals surface area contributed by atoms with Crippen molar-refractivity contribution < 1.29 is 13.9 Å². The molecule has 1 fully saturated rings. The summed E-state index contributed by atoms with van der Waals surface area (Å²) in [6, 6.07) is 11.3. The summed E-state index contributed by atoms with van der Waals surface area (Å²) in [6.07, 6.45) is 5.39. The normalized spacial score (nSPS) is 20.6. The lowest BCUT2D eigenvalue weighted by molar-refractivity contribution is 0.306. The molecule has 1 saturated carbocycles. The number of benzene rings is 1. The van der Waals surface area contributed by atoms with Crippen LogP contribution in [0.25, 0.3) is 16.9 Å². The van der Waals surface area contributed by atoms with Crippen molar-refractivity contribution in [2.24, 2.45) is 0 Å². The third-order valence-electron chi connectivity index (χ3n) is 5.29. The summed E-state index contributed by atoms with van der Waals surface area (Å²) in [4.78, 5) is 12.8. The first-order chi connectivity index (χ1) is 14.1. The van der Waals surface area contributed by atoms with Crippen molar-refractivity contribution >= 4 is 5.65 Å². The molecule has 0 N–H and O–H groups in total. The molecule has 3 heterocycles. The lowest BCUT2D eigenvalue weighted by Gasteiger charge is -2.12. The number of fused-ring (bicyclic) bond motifs is 1. The number of ether oxygens (including phenoxy) is 2. The highest BCUT2D eigenvalue weighted by molar-refractivity contribution is 5.68. The quantitative estimate of drug-likeness (QED) is 0.518. The largest absolute Gasteiger partial charge is 0.480 e. The number of nitrogens with zero attached hydrogens (tertiary/aromatic N) is 5. The van der Waals surface area contributed by atoms with Crippen LogP contribution in [0.5, 0.6) is 11.9 Å². The molecule has 5 rings (SSSR count). The Kier molecular flexibility index (Phi) is 3.94. The number of rotatable bonds is 5. The van der Waals surface area contributed by atoms with E-state index >= 15 is 4.39 Å². The van der Waals surface area contributed by atoms with Gasteiger partial charge in [-0.05, 0) is 18.1 Å². The summed E-state index contributed by atoms with van der Waals surface area (Å²) in [5, 5.41) is 4.59. The van der Waals surface area contributed by atoms with Crippen LogP contribution in [-0.4, -0.2) is 38.8 Å². The Morgan fingerprint density at radius 2 is 1.97 bits per heavy atom. The molecule has 1 unspecified atom stereocenters. The minimum Gasteiger partial charge on any atom is -0.480 e. The Labute approximate surface area is 166 Å². The lowest BCUT2D eigenvalue weighted by atomic mass is 10.0. The van der Waals surface area contributed by atoms with Crippen molar-refractivity contribution in [3.05, 3.63) is 66.1 Å². The number of alkyl halides is 1. The van der Waals surface area contributed by atoms with Gasteiger partial charge in [-0.3, -0.25) is 0 Å². The molecule has 0 amide bonds. The average Bonchev–Trinajstić information content (AvgIpc) is 3.24. The maximum Gasteiger partial charge on any atom is 0.319 e. The molecule has 0 spiro atoms. The van der Waals surface area contributed by atoms with E-state index in [1.807, 2.05) is 36.4 Å². The zero-order valence-corrected chi connectivity index (χ0v) is 15.9. The van der Waals surface area contributed by atoms with Crippen molar-refractivity contribution in [2.45, 2.75) is 18.0 Å². The molecule has 3 aromatic heterocycles. The molecular formula is C21H18FN5O2. The van der Waals surface area contributed by atoms with E-state index in [9.17, 15) is 0 Å². The summed E-state index contributed by atoms with van der Waals surface area (Å²) in [5.74, 6) is 0.0295. The Morgan fingerprint density at radius 3 is 2.72 bits per heavy atom. The highest BCUT2D eigenvalue weighted by Crippen LogP contribution is 2.62. The van der Waals surface area contributed by atoms with Gasteiger partial charge in [0.25, 0.3) is 0 Å². The fraction of sp³-hybridized carbons (Fsp3) is 0.238. The van der Waals surface area contributed by atoms with Crippen molar-refractivity contribution in [1.29, 1.82) is 0 Å². The van der Waals surface area contributed by atoms with E-state index in [1.54, 1.807) is 23.1 Å². The van der Waals surface area contributed by atoms with Crippen molar-refractivity contribution in [1.82, 2.24) is 24.6 Å². The Balaban J connectivity index is 1.63. The van der Waals surface area contributed by atoms with Crippen LogP contribution in [0.1, 0.15) is 23.5 Å². The standard InChI is InChI=1S/C21H18FN5O2/c1-28-19-15(12-24-20(25-19)29-2)17-10-14(18-23-8-9-27(18)26-17)16-11-21(16,22)13-6-4-3-5-7-13/h3-10,12,16H,11H2,1-2H3/t16?,21-/m0/s1. The van der Waals surface area contributed by atoms with Crippen LogP contribution in [0.3, 0.4) is 0 Å². The zero-order chi connectivity index (χ0) is 20.0. The van der Waals surface area contributed by atoms with Crippen molar-refractivity contribution in [3.63, 3.8) is 0 Å². The van der Waals surface area contributed by atoms with Gasteiger partial charge in [-0.1, -0.05) is 30.3 Å². The van der Waals surface area contributed by atoms with Crippen LogP contribution in [0.4, 0.5) is 4.39 Å². The van der Waals surface area contributed by atoms with Gasteiger partial charge < -0.3 is 9.47 Å². The number of imidazole rings is 1. The minimum absolute atomic E-state index is 0.198. The molecule has 0 saturated heterocycles. The summed E-state index contributed by atoms with van der Waals surface area (Å²) in [5.41, 5.74) is 1.87. The summed E-state index contributed by atoms with van der Waals surface area (Å²) in [7, 11) is 3.00. The summed E-state index contributed by atoms with van der Waals surface area (Å²) in [6.45, 7) is 0. The first-order valence-electron chi connectivity index (χ1n) is 9.18. The SMILES string of the molecule is COc1ncc(-c2cc(C3C[C@]3(F)c3ccccc3)c3nccn3n2)c(OC)n1. The minimum atomic E-state index is -1.41. The molecule has 0 bridgehead atoms. The molecular weight excluding hydrogens is 373 g/mol. The number of aromatic nitrogens is 5. The number of halogens is 1. The third-order valence-corrected chi connectivity index (χ3v) is 5.29. The molecule has 2 atom stereocenters. The van der Waals surface area contributed by atoms with Gasteiger partial charge in [-0.25, -0.2) is 18.9 Å². The Bertz CT molecular complexity index is 1200. The molecule has 1 aliphatic carbocycles. The Morgan fingerprint density at radius 1 is 1.14 bits per heavy atom.